The standard InChI is InChI=1S/C14H22N2OS/c1-16(9-7-12-11-17-10-8-15-12)13-3-5-14(18-2)6-4-13/h3-6,12,15H,7-11H2,1-2H3. The van der Waals surface area contributed by atoms with Gasteiger partial charge >= 0.3 is 0 Å². The van der Waals surface area contributed by atoms with Crippen molar-refractivity contribution < 1.29 is 4.74 Å². The first-order chi connectivity index (χ1) is 8.79. The van der Waals surface area contributed by atoms with Gasteiger partial charge in [-0.25, -0.2) is 0 Å². The Labute approximate surface area is 114 Å². The van der Waals surface area contributed by atoms with Crippen LogP contribution in [0.4, 0.5) is 5.69 Å². The van der Waals surface area contributed by atoms with Crippen molar-refractivity contribution in [3.8, 4) is 0 Å². The Morgan fingerprint density at radius 3 is 2.78 bits per heavy atom. The Morgan fingerprint density at radius 2 is 2.17 bits per heavy atom. The number of thioether (sulfide) groups is 1. The minimum atomic E-state index is 0.506. The number of ether oxygens (including phenoxy) is 1. The molecule has 0 aliphatic carbocycles. The number of nitrogens with one attached hydrogen (secondary N) is 1. The van der Waals surface area contributed by atoms with Crippen molar-refractivity contribution in [1.29, 1.82) is 0 Å². The highest BCUT2D eigenvalue weighted by molar-refractivity contribution is 7.98. The second-order valence-electron chi connectivity index (χ2n) is 4.63. The van der Waals surface area contributed by atoms with Crippen molar-refractivity contribution in [2.75, 3.05) is 44.5 Å². The third kappa shape index (κ3) is 3.90. The van der Waals surface area contributed by atoms with Crippen LogP contribution < -0.4 is 10.2 Å². The molecular formula is C14H22N2OS. The van der Waals surface area contributed by atoms with E-state index in [0.29, 0.717) is 6.04 Å². The Hall–Kier alpha value is -0.710. The molecular weight excluding hydrogens is 244 g/mol. The molecule has 1 heterocycles. The predicted molar refractivity (Wildman–Crippen MR) is 78.7 cm³/mol. The molecule has 1 fully saturated rings. The van der Waals surface area contributed by atoms with Crippen molar-refractivity contribution in [2.24, 2.45) is 0 Å². The minimum absolute atomic E-state index is 0.506. The van der Waals surface area contributed by atoms with E-state index in [0.717, 1.165) is 32.7 Å². The fourth-order valence-corrected chi connectivity index (χ4v) is 2.53. The molecule has 1 aromatic carbocycles. The zero-order valence-electron chi connectivity index (χ0n) is 11.2. The lowest BCUT2D eigenvalue weighted by Crippen LogP contribution is -2.42. The van der Waals surface area contributed by atoms with Crippen molar-refractivity contribution in [1.82, 2.24) is 5.32 Å². The molecule has 1 aliphatic heterocycles. The molecule has 100 valence electrons. The van der Waals surface area contributed by atoms with E-state index in [2.05, 4.69) is 47.8 Å². The molecule has 0 bridgehead atoms. The molecule has 18 heavy (non-hydrogen) atoms. The van der Waals surface area contributed by atoms with Crippen molar-refractivity contribution in [3.05, 3.63) is 24.3 Å². The van der Waals surface area contributed by atoms with Crippen molar-refractivity contribution in [2.45, 2.75) is 17.4 Å². The average Bonchev–Trinajstić information content (AvgIpc) is 2.46. The summed E-state index contributed by atoms with van der Waals surface area (Å²) in [5, 5.41) is 3.49. The van der Waals surface area contributed by atoms with Crippen LogP contribution in [0.2, 0.25) is 0 Å². The van der Waals surface area contributed by atoms with E-state index >= 15 is 0 Å². The van der Waals surface area contributed by atoms with Gasteiger partial charge in [-0.1, -0.05) is 0 Å². The van der Waals surface area contributed by atoms with Gasteiger partial charge in [-0.3, -0.25) is 0 Å². The molecule has 3 nitrogen and oxygen atoms in total. The lowest BCUT2D eigenvalue weighted by molar-refractivity contribution is 0.0749. The number of rotatable bonds is 5. The number of nitrogens with zero attached hydrogens (tertiary/aromatic N) is 1. The largest absolute Gasteiger partial charge is 0.379 e. The van der Waals surface area contributed by atoms with Gasteiger partial charge in [0, 0.05) is 36.8 Å². The van der Waals surface area contributed by atoms with Crippen LogP contribution in [-0.2, 0) is 4.74 Å². The zero-order valence-corrected chi connectivity index (χ0v) is 12.0. The van der Waals surface area contributed by atoms with E-state index in [1.807, 2.05) is 0 Å². The van der Waals surface area contributed by atoms with E-state index in [-0.39, 0.29) is 0 Å². The molecule has 1 atom stereocenters. The fourth-order valence-electron chi connectivity index (χ4n) is 2.12. The lowest BCUT2D eigenvalue weighted by Gasteiger charge is -2.27. The summed E-state index contributed by atoms with van der Waals surface area (Å²) in [5.41, 5.74) is 1.28. The number of benzene rings is 1. The summed E-state index contributed by atoms with van der Waals surface area (Å²) >= 11 is 1.78. The number of anilines is 1. The van der Waals surface area contributed by atoms with Crippen LogP contribution in [0, 0.1) is 0 Å². The Kier molecular flexibility index (Phi) is 5.35. The summed E-state index contributed by atoms with van der Waals surface area (Å²) < 4.78 is 5.47. The summed E-state index contributed by atoms with van der Waals surface area (Å²) in [7, 11) is 2.15. The molecule has 0 radical (unpaired) electrons. The maximum atomic E-state index is 5.47. The molecule has 1 saturated heterocycles. The normalized spacial score (nSPS) is 19.8. The van der Waals surface area contributed by atoms with Crippen LogP contribution in [0.3, 0.4) is 0 Å². The zero-order chi connectivity index (χ0) is 12.8. The molecule has 1 unspecified atom stereocenters. The summed E-state index contributed by atoms with van der Waals surface area (Å²) in [6.45, 7) is 3.73. The Bertz CT molecular complexity index is 349. The quantitative estimate of drug-likeness (QED) is 0.826. The van der Waals surface area contributed by atoms with Crippen LogP contribution in [-0.4, -0.2) is 45.6 Å². The molecule has 4 heteroatoms. The highest BCUT2D eigenvalue weighted by Gasteiger charge is 2.13. The average molecular weight is 266 g/mol. The molecule has 0 saturated carbocycles. The topological polar surface area (TPSA) is 24.5 Å². The molecule has 0 spiro atoms. The van der Waals surface area contributed by atoms with E-state index in [1.54, 1.807) is 11.8 Å². The minimum Gasteiger partial charge on any atom is -0.379 e. The van der Waals surface area contributed by atoms with Crippen LogP contribution >= 0.6 is 11.8 Å². The molecule has 0 aromatic heterocycles. The van der Waals surface area contributed by atoms with Gasteiger partial charge in [-0.05, 0) is 36.9 Å². The summed E-state index contributed by atoms with van der Waals surface area (Å²) in [4.78, 5) is 3.62. The third-order valence-corrected chi connectivity index (χ3v) is 4.07. The van der Waals surface area contributed by atoms with Gasteiger partial charge in [0.1, 0.15) is 0 Å². The number of hydrogen-bond acceptors (Lipinski definition) is 4. The second kappa shape index (κ2) is 7.02. The highest BCUT2D eigenvalue weighted by atomic mass is 32.2. The van der Waals surface area contributed by atoms with Gasteiger partial charge in [-0.15, -0.1) is 11.8 Å². The number of morpholine rings is 1. The van der Waals surface area contributed by atoms with E-state index in [9.17, 15) is 0 Å². The van der Waals surface area contributed by atoms with Crippen LogP contribution in [0.15, 0.2) is 29.2 Å². The third-order valence-electron chi connectivity index (χ3n) is 3.32. The highest BCUT2D eigenvalue weighted by Crippen LogP contribution is 2.20. The Balaban J connectivity index is 1.80. The van der Waals surface area contributed by atoms with Gasteiger partial charge < -0.3 is 15.0 Å². The van der Waals surface area contributed by atoms with Gasteiger partial charge in [0.15, 0.2) is 0 Å². The van der Waals surface area contributed by atoms with Crippen LogP contribution in [0.25, 0.3) is 0 Å². The number of hydrogen-bond donors (Lipinski definition) is 1. The summed E-state index contributed by atoms with van der Waals surface area (Å²) in [6, 6.07) is 9.25. The van der Waals surface area contributed by atoms with Gasteiger partial charge in [0.25, 0.3) is 0 Å². The van der Waals surface area contributed by atoms with E-state index in [1.165, 1.54) is 10.6 Å². The van der Waals surface area contributed by atoms with Crippen molar-refractivity contribution >= 4 is 17.4 Å². The first kappa shape index (κ1) is 13.7. The summed E-state index contributed by atoms with van der Waals surface area (Å²) in [6.07, 6.45) is 3.23. The maximum Gasteiger partial charge on any atom is 0.0620 e. The predicted octanol–water partition coefficient (Wildman–Crippen LogP) is 2.22. The molecule has 0 amide bonds. The van der Waals surface area contributed by atoms with E-state index in [4.69, 9.17) is 4.74 Å². The molecule has 1 aromatic rings. The van der Waals surface area contributed by atoms with Crippen molar-refractivity contribution in [3.63, 3.8) is 0 Å². The first-order valence-electron chi connectivity index (χ1n) is 6.46. The van der Waals surface area contributed by atoms with Gasteiger partial charge in [-0.2, -0.15) is 0 Å². The molecule has 1 aliphatic rings. The Morgan fingerprint density at radius 1 is 1.39 bits per heavy atom. The molecule has 1 N–H and O–H groups in total. The SMILES string of the molecule is CSc1ccc(N(C)CCC2COCCN2)cc1. The van der Waals surface area contributed by atoms with Gasteiger partial charge in [0.2, 0.25) is 0 Å². The van der Waals surface area contributed by atoms with Crippen LogP contribution in [0.1, 0.15) is 6.42 Å². The summed E-state index contributed by atoms with van der Waals surface area (Å²) in [5.74, 6) is 0. The van der Waals surface area contributed by atoms with Gasteiger partial charge in [0.05, 0.1) is 13.2 Å². The maximum absolute atomic E-state index is 5.47. The monoisotopic (exact) mass is 266 g/mol. The second-order valence-corrected chi connectivity index (χ2v) is 5.51. The lowest BCUT2D eigenvalue weighted by atomic mass is 10.2. The first-order valence-corrected chi connectivity index (χ1v) is 7.68. The smallest absolute Gasteiger partial charge is 0.0620 e. The van der Waals surface area contributed by atoms with Crippen LogP contribution in [0.5, 0.6) is 0 Å². The molecule has 2 rings (SSSR count). The van der Waals surface area contributed by atoms with E-state index < -0.39 is 0 Å². The fraction of sp³-hybridized carbons (Fsp3) is 0.571.